The van der Waals surface area contributed by atoms with Gasteiger partial charge in [0, 0.05) is 5.54 Å². The largest absolute Gasteiger partial charge is 0.386 e. The lowest BCUT2D eigenvalue weighted by molar-refractivity contribution is 0.00157. The van der Waals surface area contributed by atoms with Crippen LogP contribution in [0.4, 0.5) is 0 Å². The highest BCUT2D eigenvalue weighted by atomic mass is 32.1. The van der Waals surface area contributed by atoms with Crippen molar-refractivity contribution in [2.75, 3.05) is 13.1 Å². The first kappa shape index (κ1) is 11.1. The Morgan fingerprint density at radius 2 is 2.07 bits per heavy atom. The van der Waals surface area contributed by atoms with Crippen molar-refractivity contribution in [3.05, 3.63) is 22.4 Å². The number of likely N-dealkylation sites (tertiary alicyclic amines) is 1. The average Bonchev–Trinajstić information content (AvgIpc) is 2.89. The van der Waals surface area contributed by atoms with Crippen LogP contribution >= 0.6 is 11.3 Å². The monoisotopic (exact) mass is 225 g/mol. The second kappa shape index (κ2) is 4.24. The summed E-state index contributed by atoms with van der Waals surface area (Å²) in [5.41, 5.74) is 0.911. The van der Waals surface area contributed by atoms with Crippen molar-refractivity contribution in [3.8, 4) is 0 Å². The Kier molecular flexibility index (Phi) is 3.14. The van der Waals surface area contributed by atoms with Gasteiger partial charge in [-0.15, -0.1) is 0 Å². The first-order chi connectivity index (χ1) is 7.12. The van der Waals surface area contributed by atoms with Crippen LogP contribution in [0.15, 0.2) is 16.8 Å². The summed E-state index contributed by atoms with van der Waals surface area (Å²) < 4.78 is 0. The minimum Gasteiger partial charge on any atom is -0.386 e. The summed E-state index contributed by atoms with van der Waals surface area (Å²) in [6.45, 7) is 6.52. The van der Waals surface area contributed by atoms with E-state index in [0.717, 1.165) is 18.7 Å². The van der Waals surface area contributed by atoms with Gasteiger partial charge in [0.05, 0.1) is 6.10 Å². The van der Waals surface area contributed by atoms with Gasteiger partial charge in [0.25, 0.3) is 0 Å². The van der Waals surface area contributed by atoms with Gasteiger partial charge in [0.15, 0.2) is 0 Å². The fourth-order valence-corrected chi connectivity index (χ4v) is 2.98. The summed E-state index contributed by atoms with van der Waals surface area (Å²) in [4.78, 5) is 2.40. The van der Waals surface area contributed by atoms with Crippen molar-refractivity contribution < 1.29 is 5.11 Å². The number of rotatable bonds is 3. The normalized spacial score (nSPS) is 20.7. The molecule has 1 fully saturated rings. The van der Waals surface area contributed by atoms with Gasteiger partial charge in [0.2, 0.25) is 0 Å². The van der Waals surface area contributed by atoms with Crippen LogP contribution in [0.1, 0.15) is 38.4 Å². The van der Waals surface area contributed by atoms with E-state index in [1.807, 2.05) is 16.8 Å². The third kappa shape index (κ3) is 2.10. The fraction of sp³-hybridized carbons (Fsp3) is 0.667. The molecule has 2 rings (SSSR count). The molecule has 1 aliphatic rings. The van der Waals surface area contributed by atoms with Crippen LogP contribution in [-0.4, -0.2) is 28.6 Å². The van der Waals surface area contributed by atoms with Crippen molar-refractivity contribution >= 4 is 11.3 Å². The van der Waals surface area contributed by atoms with E-state index in [1.54, 1.807) is 11.3 Å². The molecule has 3 heteroatoms. The molecule has 0 saturated carbocycles. The van der Waals surface area contributed by atoms with Gasteiger partial charge in [-0.3, -0.25) is 4.90 Å². The third-order valence-electron chi connectivity index (χ3n) is 3.45. The van der Waals surface area contributed by atoms with Crippen LogP contribution in [0.5, 0.6) is 0 Å². The second-order valence-corrected chi connectivity index (χ2v) is 5.59. The predicted molar refractivity (Wildman–Crippen MR) is 64.2 cm³/mol. The quantitative estimate of drug-likeness (QED) is 0.855. The Hall–Kier alpha value is -0.380. The summed E-state index contributed by atoms with van der Waals surface area (Å²) >= 11 is 1.65. The van der Waals surface area contributed by atoms with E-state index in [1.165, 1.54) is 12.8 Å². The molecular formula is C12H19NOS. The maximum absolute atomic E-state index is 10.4. The molecule has 15 heavy (non-hydrogen) atoms. The molecule has 1 aromatic rings. The van der Waals surface area contributed by atoms with Gasteiger partial charge in [-0.2, -0.15) is 11.3 Å². The zero-order chi connectivity index (χ0) is 10.9. The molecule has 1 aromatic heterocycles. The van der Waals surface area contributed by atoms with Crippen molar-refractivity contribution in [2.24, 2.45) is 0 Å². The zero-order valence-electron chi connectivity index (χ0n) is 9.44. The number of hydrogen-bond donors (Lipinski definition) is 1. The van der Waals surface area contributed by atoms with Gasteiger partial charge in [-0.1, -0.05) is 0 Å². The molecule has 2 nitrogen and oxygen atoms in total. The van der Waals surface area contributed by atoms with E-state index in [2.05, 4.69) is 18.7 Å². The molecule has 1 aliphatic heterocycles. The molecule has 0 radical (unpaired) electrons. The van der Waals surface area contributed by atoms with Crippen LogP contribution in [-0.2, 0) is 0 Å². The van der Waals surface area contributed by atoms with Crippen LogP contribution in [0, 0.1) is 0 Å². The number of aliphatic hydroxyl groups is 1. The van der Waals surface area contributed by atoms with Gasteiger partial charge in [0.1, 0.15) is 0 Å². The van der Waals surface area contributed by atoms with E-state index in [-0.39, 0.29) is 11.6 Å². The lowest BCUT2D eigenvalue weighted by Crippen LogP contribution is -2.46. The number of thiophene rings is 1. The Morgan fingerprint density at radius 1 is 1.40 bits per heavy atom. The highest BCUT2D eigenvalue weighted by molar-refractivity contribution is 7.07. The van der Waals surface area contributed by atoms with Gasteiger partial charge in [-0.25, -0.2) is 0 Å². The smallest absolute Gasteiger partial charge is 0.0976 e. The van der Waals surface area contributed by atoms with Crippen LogP contribution < -0.4 is 0 Å². The minimum absolute atomic E-state index is 0.141. The van der Waals surface area contributed by atoms with Crippen LogP contribution in [0.25, 0.3) is 0 Å². The van der Waals surface area contributed by atoms with Crippen LogP contribution in [0.2, 0.25) is 0 Å². The lowest BCUT2D eigenvalue weighted by atomic mass is 9.91. The average molecular weight is 225 g/mol. The summed E-state index contributed by atoms with van der Waals surface area (Å²) in [6.07, 6.45) is 2.15. The minimum atomic E-state index is -0.373. The standard InChI is InChI=1S/C12H19NOS/c1-12(2,13-6-3-4-7-13)11(14)10-5-8-15-9-10/h5,8-9,11,14H,3-4,6-7H2,1-2H3. The molecule has 0 aromatic carbocycles. The summed E-state index contributed by atoms with van der Waals surface area (Å²) in [6, 6.07) is 2.02. The number of nitrogens with zero attached hydrogens (tertiary/aromatic N) is 1. The van der Waals surface area contributed by atoms with E-state index >= 15 is 0 Å². The van der Waals surface area contributed by atoms with E-state index in [4.69, 9.17) is 0 Å². The molecular weight excluding hydrogens is 206 g/mol. The highest BCUT2D eigenvalue weighted by Gasteiger charge is 2.36. The number of hydrogen-bond acceptors (Lipinski definition) is 3. The topological polar surface area (TPSA) is 23.5 Å². The Labute approximate surface area is 95.5 Å². The first-order valence-corrected chi connectivity index (χ1v) is 6.52. The molecule has 2 heterocycles. The molecule has 1 N–H and O–H groups in total. The predicted octanol–water partition coefficient (Wildman–Crippen LogP) is 2.66. The van der Waals surface area contributed by atoms with Gasteiger partial charge < -0.3 is 5.11 Å². The molecule has 1 atom stereocenters. The Bertz CT molecular complexity index is 301. The molecule has 84 valence electrons. The summed E-state index contributed by atoms with van der Waals surface area (Å²) in [5.74, 6) is 0. The zero-order valence-corrected chi connectivity index (χ0v) is 10.3. The molecule has 1 unspecified atom stereocenters. The van der Waals surface area contributed by atoms with Gasteiger partial charge >= 0.3 is 0 Å². The van der Waals surface area contributed by atoms with Crippen molar-refractivity contribution in [2.45, 2.75) is 38.3 Å². The van der Waals surface area contributed by atoms with Crippen molar-refractivity contribution in [1.29, 1.82) is 0 Å². The molecule has 1 saturated heterocycles. The maximum atomic E-state index is 10.4. The van der Waals surface area contributed by atoms with E-state index < -0.39 is 0 Å². The van der Waals surface area contributed by atoms with Crippen molar-refractivity contribution in [1.82, 2.24) is 4.90 Å². The SMILES string of the molecule is CC(C)(C(O)c1ccsc1)N1CCCC1. The van der Waals surface area contributed by atoms with E-state index in [9.17, 15) is 5.11 Å². The fourth-order valence-electron chi connectivity index (χ4n) is 2.30. The van der Waals surface area contributed by atoms with Gasteiger partial charge in [-0.05, 0) is 62.2 Å². The van der Waals surface area contributed by atoms with E-state index in [0.29, 0.717) is 0 Å². The molecule has 0 aliphatic carbocycles. The molecule has 0 amide bonds. The third-order valence-corrected chi connectivity index (χ3v) is 4.15. The molecule has 0 spiro atoms. The first-order valence-electron chi connectivity index (χ1n) is 5.57. The van der Waals surface area contributed by atoms with Crippen LogP contribution in [0.3, 0.4) is 0 Å². The number of aliphatic hydroxyl groups excluding tert-OH is 1. The second-order valence-electron chi connectivity index (χ2n) is 4.81. The Morgan fingerprint density at radius 3 is 2.60 bits per heavy atom. The summed E-state index contributed by atoms with van der Waals surface area (Å²) in [7, 11) is 0. The summed E-state index contributed by atoms with van der Waals surface area (Å²) in [5, 5.41) is 14.4. The highest BCUT2D eigenvalue weighted by Crippen LogP contribution is 2.34. The Balaban J connectivity index is 2.13. The van der Waals surface area contributed by atoms with Crippen molar-refractivity contribution in [3.63, 3.8) is 0 Å². The molecule has 0 bridgehead atoms. The lowest BCUT2D eigenvalue weighted by Gasteiger charge is -2.39. The maximum Gasteiger partial charge on any atom is 0.0976 e.